The van der Waals surface area contributed by atoms with E-state index in [4.69, 9.17) is 4.74 Å². The van der Waals surface area contributed by atoms with E-state index in [-0.39, 0.29) is 12.5 Å². The number of carbonyl (C=O) groups is 1. The zero-order valence-electron chi connectivity index (χ0n) is 13.5. The van der Waals surface area contributed by atoms with Gasteiger partial charge in [0.2, 0.25) is 0 Å². The standard InChI is InChI=1S/C17H26N2O2/c1-5-18-10-14-8-12(2)17(13(3)9-14)21-11-16(20)19(4)15-6-7-15/h8-9,15,18H,5-7,10-11H2,1-4H3. The van der Waals surface area contributed by atoms with Gasteiger partial charge in [0.25, 0.3) is 5.91 Å². The van der Waals surface area contributed by atoms with Crippen LogP contribution in [0, 0.1) is 13.8 Å². The molecule has 1 saturated carbocycles. The highest BCUT2D eigenvalue weighted by Crippen LogP contribution is 2.27. The fraction of sp³-hybridized carbons (Fsp3) is 0.588. The Morgan fingerprint density at radius 2 is 1.95 bits per heavy atom. The first-order chi connectivity index (χ1) is 10.0. The largest absolute Gasteiger partial charge is 0.483 e. The molecule has 2 rings (SSSR count). The molecule has 1 aliphatic carbocycles. The number of nitrogens with one attached hydrogen (secondary N) is 1. The predicted molar refractivity (Wildman–Crippen MR) is 84.6 cm³/mol. The van der Waals surface area contributed by atoms with Crippen LogP contribution < -0.4 is 10.1 Å². The highest BCUT2D eigenvalue weighted by atomic mass is 16.5. The minimum atomic E-state index is 0.0630. The van der Waals surface area contributed by atoms with Gasteiger partial charge in [-0.25, -0.2) is 0 Å². The van der Waals surface area contributed by atoms with Crippen LogP contribution in [0.25, 0.3) is 0 Å². The van der Waals surface area contributed by atoms with Crippen molar-refractivity contribution in [1.82, 2.24) is 10.2 Å². The number of likely N-dealkylation sites (N-methyl/N-ethyl adjacent to an activating group) is 1. The van der Waals surface area contributed by atoms with Crippen molar-refractivity contribution in [2.24, 2.45) is 0 Å². The van der Waals surface area contributed by atoms with Gasteiger partial charge in [-0.3, -0.25) is 4.79 Å². The van der Waals surface area contributed by atoms with E-state index in [2.05, 4.69) is 24.4 Å². The van der Waals surface area contributed by atoms with Crippen LogP contribution in [0.15, 0.2) is 12.1 Å². The van der Waals surface area contributed by atoms with Crippen molar-refractivity contribution in [2.45, 2.75) is 46.2 Å². The number of rotatable bonds is 7. The monoisotopic (exact) mass is 290 g/mol. The number of hydrogen-bond acceptors (Lipinski definition) is 3. The first-order valence-corrected chi connectivity index (χ1v) is 7.72. The van der Waals surface area contributed by atoms with Gasteiger partial charge in [0.15, 0.2) is 6.61 Å². The van der Waals surface area contributed by atoms with Crippen LogP contribution >= 0.6 is 0 Å². The second-order valence-corrected chi connectivity index (χ2v) is 5.86. The van der Waals surface area contributed by atoms with Gasteiger partial charge in [-0.05, 0) is 49.9 Å². The Bertz CT molecular complexity index is 487. The van der Waals surface area contributed by atoms with Gasteiger partial charge in [-0.2, -0.15) is 0 Å². The van der Waals surface area contributed by atoms with Crippen LogP contribution in [0.3, 0.4) is 0 Å². The number of carbonyl (C=O) groups excluding carboxylic acids is 1. The Hall–Kier alpha value is -1.55. The van der Waals surface area contributed by atoms with Crippen LogP contribution in [-0.2, 0) is 11.3 Å². The lowest BCUT2D eigenvalue weighted by Crippen LogP contribution is -2.33. The topological polar surface area (TPSA) is 41.6 Å². The van der Waals surface area contributed by atoms with Crippen molar-refractivity contribution >= 4 is 5.91 Å². The predicted octanol–water partition coefficient (Wildman–Crippen LogP) is 2.41. The Kier molecular flexibility index (Phi) is 5.23. The molecule has 4 nitrogen and oxygen atoms in total. The molecule has 0 spiro atoms. The zero-order chi connectivity index (χ0) is 15.4. The second kappa shape index (κ2) is 6.94. The molecule has 0 saturated heterocycles. The highest BCUT2D eigenvalue weighted by molar-refractivity contribution is 5.78. The van der Waals surface area contributed by atoms with E-state index in [1.54, 1.807) is 0 Å². The molecule has 0 unspecified atom stereocenters. The molecule has 1 aromatic carbocycles. The van der Waals surface area contributed by atoms with E-state index in [1.807, 2.05) is 25.8 Å². The lowest BCUT2D eigenvalue weighted by atomic mass is 10.1. The summed E-state index contributed by atoms with van der Waals surface area (Å²) >= 11 is 0. The number of nitrogens with zero attached hydrogens (tertiary/aromatic N) is 1. The van der Waals surface area contributed by atoms with Crippen molar-refractivity contribution in [1.29, 1.82) is 0 Å². The third-order valence-electron chi connectivity index (χ3n) is 3.93. The van der Waals surface area contributed by atoms with Gasteiger partial charge < -0.3 is 15.0 Å². The molecule has 0 radical (unpaired) electrons. The normalized spacial score (nSPS) is 14.1. The van der Waals surface area contributed by atoms with Crippen LogP contribution in [0.4, 0.5) is 0 Å². The van der Waals surface area contributed by atoms with Gasteiger partial charge in [-0.15, -0.1) is 0 Å². The molecule has 1 fully saturated rings. The number of benzene rings is 1. The highest BCUT2D eigenvalue weighted by Gasteiger charge is 2.29. The minimum Gasteiger partial charge on any atom is -0.483 e. The Balaban J connectivity index is 1.97. The molecule has 116 valence electrons. The van der Waals surface area contributed by atoms with Crippen molar-refractivity contribution in [3.63, 3.8) is 0 Å². The quantitative estimate of drug-likeness (QED) is 0.838. The summed E-state index contributed by atoms with van der Waals surface area (Å²) in [7, 11) is 1.86. The molecule has 1 aliphatic rings. The molecule has 1 aromatic rings. The molecular weight excluding hydrogens is 264 g/mol. The van der Waals surface area contributed by atoms with Crippen molar-refractivity contribution in [2.75, 3.05) is 20.2 Å². The van der Waals surface area contributed by atoms with Crippen LogP contribution in [0.1, 0.15) is 36.5 Å². The lowest BCUT2D eigenvalue weighted by molar-refractivity contribution is -0.132. The third-order valence-corrected chi connectivity index (χ3v) is 3.93. The molecule has 0 atom stereocenters. The van der Waals surface area contributed by atoms with E-state index >= 15 is 0 Å². The van der Waals surface area contributed by atoms with Gasteiger partial charge in [0.1, 0.15) is 5.75 Å². The van der Waals surface area contributed by atoms with E-state index < -0.39 is 0 Å². The first-order valence-electron chi connectivity index (χ1n) is 7.72. The molecule has 0 aromatic heterocycles. The Labute approximate surface area is 127 Å². The minimum absolute atomic E-state index is 0.0630. The molecule has 1 amide bonds. The first kappa shape index (κ1) is 15.8. The molecule has 4 heteroatoms. The fourth-order valence-corrected chi connectivity index (χ4v) is 2.54. The smallest absolute Gasteiger partial charge is 0.260 e. The zero-order valence-corrected chi connectivity index (χ0v) is 13.5. The summed E-state index contributed by atoms with van der Waals surface area (Å²) in [6, 6.07) is 4.69. The lowest BCUT2D eigenvalue weighted by Gasteiger charge is -2.18. The Morgan fingerprint density at radius 1 is 1.33 bits per heavy atom. The third kappa shape index (κ3) is 4.21. The van der Waals surface area contributed by atoms with Gasteiger partial charge >= 0.3 is 0 Å². The van der Waals surface area contributed by atoms with E-state index in [1.165, 1.54) is 5.56 Å². The van der Waals surface area contributed by atoms with Crippen LogP contribution in [0.2, 0.25) is 0 Å². The van der Waals surface area contributed by atoms with E-state index in [9.17, 15) is 4.79 Å². The van der Waals surface area contributed by atoms with Crippen molar-refractivity contribution in [3.05, 3.63) is 28.8 Å². The van der Waals surface area contributed by atoms with Crippen molar-refractivity contribution in [3.8, 4) is 5.75 Å². The van der Waals surface area contributed by atoms with Gasteiger partial charge in [-0.1, -0.05) is 19.1 Å². The second-order valence-electron chi connectivity index (χ2n) is 5.86. The Morgan fingerprint density at radius 3 is 2.48 bits per heavy atom. The van der Waals surface area contributed by atoms with Crippen LogP contribution in [-0.4, -0.2) is 37.0 Å². The summed E-state index contributed by atoms with van der Waals surface area (Å²) in [4.78, 5) is 13.8. The summed E-state index contributed by atoms with van der Waals surface area (Å²) in [6.07, 6.45) is 2.25. The number of ether oxygens (including phenoxy) is 1. The molecule has 0 heterocycles. The molecular formula is C17H26N2O2. The van der Waals surface area contributed by atoms with Crippen molar-refractivity contribution < 1.29 is 9.53 Å². The molecule has 1 N–H and O–H groups in total. The summed E-state index contributed by atoms with van der Waals surface area (Å²) in [6.45, 7) is 8.11. The average molecular weight is 290 g/mol. The molecule has 0 aliphatic heterocycles. The van der Waals surface area contributed by atoms with Crippen LogP contribution in [0.5, 0.6) is 5.75 Å². The summed E-state index contributed by atoms with van der Waals surface area (Å²) in [5.41, 5.74) is 3.43. The summed E-state index contributed by atoms with van der Waals surface area (Å²) in [5, 5.41) is 3.32. The summed E-state index contributed by atoms with van der Waals surface area (Å²) in [5.74, 6) is 0.904. The van der Waals surface area contributed by atoms with E-state index in [0.29, 0.717) is 6.04 Å². The number of aryl methyl sites for hydroxylation is 2. The van der Waals surface area contributed by atoms with E-state index in [0.717, 1.165) is 42.8 Å². The maximum Gasteiger partial charge on any atom is 0.260 e. The average Bonchev–Trinajstić information content (AvgIpc) is 3.27. The SMILES string of the molecule is CCNCc1cc(C)c(OCC(=O)N(C)C2CC2)c(C)c1. The molecule has 21 heavy (non-hydrogen) atoms. The number of hydrogen-bond donors (Lipinski definition) is 1. The maximum absolute atomic E-state index is 12.0. The molecule has 0 bridgehead atoms. The van der Waals surface area contributed by atoms with Gasteiger partial charge in [0.05, 0.1) is 0 Å². The number of amides is 1. The summed E-state index contributed by atoms with van der Waals surface area (Å²) < 4.78 is 5.78. The fourth-order valence-electron chi connectivity index (χ4n) is 2.54. The maximum atomic E-state index is 12.0. The van der Waals surface area contributed by atoms with Gasteiger partial charge in [0, 0.05) is 19.6 Å².